The summed E-state index contributed by atoms with van der Waals surface area (Å²) in [6.07, 6.45) is -8.40. The van der Waals surface area contributed by atoms with E-state index in [2.05, 4.69) is 0 Å². The van der Waals surface area contributed by atoms with Gasteiger partial charge in [0.15, 0.2) is 17.1 Å². The molecule has 0 saturated carbocycles. The van der Waals surface area contributed by atoms with Crippen molar-refractivity contribution in [3.63, 3.8) is 0 Å². The van der Waals surface area contributed by atoms with Gasteiger partial charge in [0.05, 0.1) is 6.61 Å². The zero-order valence-electron chi connectivity index (χ0n) is 16.7. The van der Waals surface area contributed by atoms with Crippen LogP contribution in [0.5, 0.6) is 28.7 Å². The van der Waals surface area contributed by atoms with Crippen molar-refractivity contribution in [3.05, 3.63) is 40.6 Å². The zero-order valence-corrected chi connectivity index (χ0v) is 16.7. The second-order valence-electron chi connectivity index (χ2n) is 7.42. The fourth-order valence-corrected chi connectivity index (χ4v) is 3.50. The SMILES string of the molecule is O=c1c(OC2OC(CO)C(O)C(O)C2O)c(-c2ccc(O)cc2)oc2c(O)c(O)cc(O)c12. The molecular weight excluding hydrogens is 444 g/mol. The number of rotatable bonds is 4. The van der Waals surface area contributed by atoms with Crippen molar-refractivity contribution >= 4 is 11.0 Å². The highest BCUT2D eigenvalue weighted by atomic mass is 16.7. The lowest BCUT2D eigenvalue weighted by molar-refractivity contribution is -0.277. The summed E-state index contributed by atoms with van der Waals surface area (Å²) in [5.74, 6) is -3.43. The van der Waals surface area contributed by atoms with Crippen LogP contribution < -0.4 is 10.2 Å². The van der Waals surface area contributed by atoms with Crippen molar-refractivity contribution in [2.75, 3.05) is 6.61 Å². The van der Waals surface area contributed by atoms with Crippen LogP contribution in [0.15, 0.2) is 39.5 Å². The quantitative estimate of drug-likeness (QED) is 0.181. The van der Waals surface area contributed by atoms with Crippen molar-refractivity contribution < 1.29 is 54.7 Å². The third-order valence-corrected chi connectivity index (χ3v) is 5.27. The summed E-state index contributed by atoms with van der Waals surface area (Å²) >= 11 is 0. The number of ether oxygens (including phenoxy) is 2. The third kappa shape index (κ3) is 3.79. The number of benzene rings is 2. The van der Waals surface area contributed by atoms with E-state index in [1.54, 1.807) is 0 Å². The van der Waals surface area contributed by atoms with E-state index in [1.165, 1.54) is 24.3 Å². The molecule has 2 heterocycles. The topological polar surface area (TPSA) is 211 Å². The molecule has 176 valence electrons. The van der Waals surface area contributed by atoms with E-state index >= 15 is 0 Å². The number of aliphatic hydroxyl groups is 4. The lowest BCUT2D eigenvalue weighted by atomic mass is 9.99. The van der Waals surface area contributed by atoms with Crippen LogP contribution in [0.2, 0.25) is 0 Å². The second-order valence-corrected chi connectivity index (χ2v) is 7.42. The van der Waals surface area contributed by atoms with E-state index < -0.39 is 76.7 Å². The number of aliphatic hydroxyl groups excluding tert-OH is 4. The van der Waals surface area contributed by atoms with Gasteiger partial charge in [-0.3, -0.25) is 4.79 Å². The fourth-order valence-electron chi connectivity index (χ4n) is 3.50. The van der Waals surface area contributed by atoms with Gasteiger partial charge >= 0.3 is 0 Å². The molecular formula is C21H20O12. The minimum atomic E-state index is -1.85. The Balaban J connectivity index is 1.92. The van der Waals surface area contributed by atoms with Crippen molar-refractivity contribution in [3.8, 4) is 40.1 Å². The average molecular weight is 464 g/mol. The van der Waals surface area contributed by atoms with Crippen LogP contribution >= 0.6 is 0 Å². The molecule has 1 aromatic heterocycles. The normalized spacial score (nSPS) is 25.3. The Hall–Kier alpha value is -3.55. The highest BCUT2D eigenvalue weighted by Crippen LogP contribution is 2.42. The summed E-state index contributed by atoms with van der Waals surface area (Å²) in [6.45, 7) is -0.740. The first-order valence-corrected chi connectivity index (χ1v) is 9.65. The fraction of sp³-hybridized carbons (Fsp3) is 0.286. The van der Waals surface area contributed by atoms with Gasteiger partial charge in [-0.1, -0.05) is 0 Å². The monoisotopic (exact) mass is 464 g/mol. The minimum Gasteiger partial charge on any atom is -0.508 e. The maximum absolute atomic E-state index is 13.3. The van der Waals surface area contributed by atoms with E-state index in [9.17, 15) is 45.6 Å². The van der Waals surface area contributed by atoms with Gasteiger partial charge in [0.2, 0.25) is 23.2 Å². The van der Waals surface area contributed by atoms with Crippen LogP contribution in [0.3, 0.4) is 0 Å². The number of hydrogen-bond acceptors (Lipinski definition) is 12. The number of hydrogen-bond donors (Lipinski definition) is 8. The molecule has 1 aliphatic heterocycles. The Bertz CT molecular complexity index is 1230. The molecule has 8 N–H and O–H groups in total. The van der Waals surface area contributed by atoms with Crippen LogP contribution in [0.25, 0.3) is 22.3 Å². The van der Waals surface area contributed by atoms with E-state index in [1.807, 2.05) is 0 Å². The van der Waals surface area contributed by atoms with Crippen molar-refractivity contribution in [1.29, 1.82) is 0 Å². The van der Waals surface area contributed by atoms with Crippen LogP contribution in [0, 0.1) is 0 Å². The molecule has 12 heteroatoms. The van der Waals surface area contributed by atoms with Crippen molar-refractivity contribution in [2.45, 2.75) is 30.7 Å². The molecule has 5 unspecified atom stereocenters. The van der Waals surface area contributed by atoms with Gasteiger partial charge < -0.3 is 54.7 Å². The van der Waals surface area contributed by atoms with E-state index in [0.717, 1.165) is 0 Å². The van der Waals surface area contributed by atoms with Crippen LogP contribution in [-0.2, 0) is 4.74 Å². The van der Waals surface area contributed by atoms with Crippen LogP contribution in [0.1, 0.15) is 0 Å². The Morgan fingerprint density at radius 2 is 1.58 bits per heavy atom. The Morgan fingerprint density at radius 1 is 0.909 bits per heavy atom. The highest BCUT2D eigenvalue weighted by Gasteiger charge is 2.45. The largest absolute Gasteiger partial charge is 0.508 e. The van der Waals surface area contributed by atoms with Crippen LogP contribution in [0.4, 0.5) is 0 Å². The Labute approximate surface area is 184 Å². The molecule has 1 aliphatic rings. The maximum Gasteiger partial charge on any atom is 0.239 e. The number of phenols is 4. The maximum atomic E-state index is 13.3. The first-order chi connectivity index (χ1) is 15.6. The van der Waals surface area contributed by atoms with Gasteiger partial charge in [-0.15, -0.1) is 0 Å². The molecule has 5 atom stereocenters. The molecule has 2 aromatic carbocycles. The molecule has 33 heavy (non-hydrogen) atoms. The summed E-state index contributed by atoms with van der Waals surface area (Å²) < 4.78 is 16.4. The predicted molar refractivity (Wildman–Crippen MR) is 109 cm³/mol. The molecule has 0 bridgehead atoms. The molecule has 4 rings (SSSR count). The molecule has 12 nitrogen and oxygen atoms in total. The third-order valence-electron chi connectivity index (χ3n) is 5.27. The van der Waals surface area contributed by atoms with E-state index in [4.69, 9.17) is 13.9 Å². The molecule has 1 saturated heterocycles. The highest BCUT2D eigenvalue weighted by molar-refractivity contribution is 5.93. The van der Waals surface area contributed by atoms with Gasteiger partial charge in [-0.25, -0.2) is 0 Å². The first-order valence-electron chi connectivity index (χ1n) is 9.65. The van der Waals surface area contributed by atoms with Gasteiger partial charge in [0, 0.05) is 11.6 Å². The second kappa shape index (κ2) is 8.42. The number of aromatic hydroxyl groups is 4. The summed E-state index contributed by atoms with van der Waals surface area (Å²) in [5, 5.41) is 78.8. The van der Waals surface area contributed by atoms with Crippen molar-refractivity contribution in [2.24, 2.45) is 0 Å². The summed E-state index contributed by atoms with van der Waals surface area (Å²) in [7, 11) is 0. The lowest BCUT2D eigenvalue weighted by Gasteiger charge is -2.39. The van der Waals surface area contributed by atoms with E-state index in [0.29, 0.717) is 6.07 Å². The molecule has 0 radical (unpaired) electrons. The summed E-state index contributed by atoms with van der Waals surface area (Å²) in [4.78, 5) is 13.3. The minimum absolute atomic E-state index is 0.114. The summed E-state index contributed by atoms with van der Waals surface area (Å²) in [5.41, 5.74) is -1.46. The average Bonchev–Trinajstić information content (AvgIpc) is 2.79. The Morgan fingerprint density at radius 3 is 2.21 bits per heavy atom. The van der Waals surface area contributed by atoms with Crippen molar-refractivity contribution in [1.82, 2.24) is 0 Å². The molecule has 1 fully saturated rings. The molecule has 0 spiro atoms. The molecule has 0 aliphatic carbocycles. The first kappa shape index (κ1) is 22.6. The lowest BCUT2D eigenvalue weighted by Crippen LogP contribution is -2.60. The summed E-state index contributed by atoms with van der Waals surface area (Å²) in [6, 6.07) is 5.90. The van der Waals surface area contributed by atoms with Gasteiger partial charge in [-0.05, 0) is 24.3 Å². The van der Waals surface area contributed by atoms with Gasteiger partial charge in [0.25, 0.3) is 0 Å². The number of phenolic OH excluding ortho intramolecular Hbond substituents is 4. The predicted octanol–water partition coefficient (Wildman–Crippen LogP) is -0.539. The Kier molecular flexibility index (Phi) is 5.78. The van der Waals surface area contributed by atoms with E-state index in [-0.39, 0.29) is 17.1 Å². The molecule has 0 amide bonds. The van der Waals surface area contributed by atoms with Crippen LogP contribution in [-0.4, -0.2) is 78.2 Å². The van der Waals surface area contributed by atoms with Gasteiger partial charge in [0.1, 0.15) is 41.3 Å². The standard InChI is InChI=1S/C21H20O12/c22-6-11-14(27)16(29)17(30)21(31-11)33-20-15(28)12-9(24)5-10(25)13(26)19(12)32-18(20)7-1-3-8(23)4-2-7/h1-5,11,14,16-17,21-27,29-30H,6H2. The molecule has 3 aromatic rings. The van der Waals surface area contributed by atoms with Gasteiger partial charge in [-0.2, -0.15) is 0 Å². The number of fused-ring (bicyclic) bond motifs is 1. The zero-order chi connectivity index (χ0) is 24.0. The smallest absolute Gasteiger partial charge is 0.239 e.